The molecule has 5 heteroatoms. The first-order valence-electron chi connectivity index (χ1n) is 6.22. The Kier molecular flexibility index (Phi) is 6.80. The van der Waals surface area contributed by atoms with E-state index in [-0.39, 0.29) is 5.91 Å². The van der Waals surface area contributed by atoms with E-state index >= 15 is 0 Å². The van der Waals surface area contributed by atoms with Crippen LogP contribution in [0.3, 0.4) is 0 Å². The third-order valence-electron chi connectivity index (χ3n) is 3.01. The lowest BCUT2D eigenvalue weighted by atomic mass is 9.97. The normalized spacial score (nSPS) is 16.0. The van der Waals surface area contributed by atoms with Crippen molar-refractivity contribution in [2.75, 3.05) is 6.54 Å². The van der Waals surface area contributed by atoms with E-state index in [9.17, 15) is 9.59 Å². The zero-order valence-corrected chi connectivity index (χ0v) is 11.3. The highest BCUT2D eigenvalue weighted by molar-refractivity contribution is 5.86. The van der Waals surface area contributed by atoms with Gasteiger partial charge < -0.3 is 11.1 Å². The summed E-state index contributed by atoms with van der Waals surface area (Å²) in [5, 5.41) is 5.80. The molecule has 0 aromatic carbocycles. The van der Waals surface area contributed by atoms with Crippen molar-refractivity contribution in [1.82, 2.24) is 10.6 Å². The number of nitrogens with two attached hydrogens (primary N) is 1. The van der Waals surface area contributed by atoms with Crippen LogP contribution in [-0.2, 0) is 9.59 Å². The summed E-state index contributed by atoms with van der Waals surface area (Å²) in [5.74, 6) is -0.535. The summed E-state index contributed by atoms with van der Waals surface area (Å²) in [5.41, 5.74) is 4.49. The van der Waals surface area contributed by atoms with Gasteiger partial charge in [0.1, 0.15) is 0 Å². The van der Waals surface area contributed by atoms with Crippen LogP contribution in [-0.4, -0.2) is 29.9 Å². The molecule has 0 saturated heterocycles. The molecule has 0 aromatic rings. The fourth-order valence-electron chi connectivity index (χ4n) is 1.43. The van der Waals surface area contributed by atoms with E-state index in [1.807, 2.05) is 6.92 Å². The largest absolute Gasteiger partial charge is 0.368 e. The standard InChI is InChI=1S/C12H25N3O2/c1-5-7-8-14-10(16)9(3)15-12(4,6-2)11(13)17/h9,15H,5-8H2,1-4H3,(H2,13,17)(H,14,16). The molecule has 2 unspecified atom stereocenters. The van der Waals surface area contributed by atoms with Crippen molar-refractivity contribution in [3.05, 3.63) is 0 Å². The summed E-state index contributed by atoms with van der Waals surface area (Å²) < 4.78 is 0. The second-order valence-corrected chi connectivity index (χ2v) is 4.56. The van der Waals surface area contributed by atoms with Gasteiger partial charge in [0, 0.05) is 6.54 Å². The van der Waals surface area contributed by atoms with Gasteiger partial charge in [0.2, 0.25) is 11.8 Å². The third kappa shape index (κ3) is 5.17. The molecule has 4 N–H and O–H groups in total. The fourth-order valence-corrected chi connectivity index (χ4v) is 1.43. The highest BCUT2D eigenvalue weighted by Gasteiger charge is 2.31. The van der Waals surface area contributed by atoms with Gasteiger partial charge in [-0.05, 0) is 26.7 Å². The number of hydrogen-bond donors (Lipinski definition) is 3. The molecule has 2 amide bonds. The topological polar surface area (TPSA) is 84.2 Å². The lowest BCUT2D eigenvalue weighted by Gasteiger charge is -2.29. The minimum absolute atomic E-state index is 0.0978. The number of unbranched alkanes of at least 4 members (excludes halogenated alkanes) is 1. The molecule has 0 aliphatic carbocycles. The second kappa shape index (κ2) is 7.27. The summed E-state index contributed by atoms with van der Waals surface area (Å²) in [7, 11) is 0. The van der Waals surface area contributed by atoms with Crippen LogP contribution in [0.2, 0.25) is 0 Å². The summed E-state index contributed by atoms with van der Waals surface area (Å²) in [6.45, 7) is 8.04. The maximum atomic E-state index is 11.7. The first-order valence-corrected chi connectivity index (χ1v) is 6.22. The minimum Gasteiger partial charge on any atom is -0.368 e. The quantitative estimate of drug-likeness (QED) is 0.544. The lowest BCUT2D eigenvalue weighted by Crippen LogP contribution is -2.59. The Labute approximate surface area is 104 Å². The first kappa shape index (κ1) is 15.9. The number of primary amides is 1. The van der Waals surface area contributed by atoms with E-state index in [1.165, 1.54) is 0 Å². The Hall–Kier alpha value is -1.10. The fraction of sp³-hybridized carbons (Fsp3) is 0.833. The van der Waals surface area contributed by atoms with Gasteiger partial charge in [-0.15, -0.1) is 0 Å². The van der Waals surface area contributed by atoms with E-state index in [1.54, 1.807) is 13.8 Å². The molecular formula is C12H25N3O2. The number of rotatable bonds is 8. The van der Waals surface area contributed by atoms with Crippen molar-refractivity contribution in [2.24, 2.45) is 5.73 Å². The molecular weight excluding hydrogens is 218 g/mol. The van der Waals surface area contributed by atoms with Crippen molar-refractivity contribution in [1.29, 1.82) is 0 Å². The van der Waals surface area contributed by atoms with Gasteiger partial charge in [-0.2, -0.15) is 0 Å². The average molecular weight is 243 g/mol. The molecule has 0 rings (SSSR count). The van der Waals surface area contributed by atoms with Crippen molar-refractivity contribution >= 4 is 11.8 Å². The SMILES string of the molecule is CCCCNC(=O)C(C)NC(C)(CC)C(N)=O. The van der Waals surface area contributed by atoms with E-state index in [4.69, 9.17) is 5.73 Å². The van der Waals surface area contributed by atoms with Crippen LogP contribution >= 0.6 is 0 Å². The van der Waals surface area contributed by atoms with E-state index in [0.29, 0.717) is 13.0 Å². The Bertz CT molecular complexity index is 268. The van der Waals surface area contributed by atoms with Gasteiger partial charge in [0.15, 0.2) is 0 Å². The molecule has 100 valence electrons. The van der Waals surface area contributed by atoms with Crippen LogP contribution in [0.25, 0.3) is 0 Å². The predicted octanol–water partition coefficient (Wildman–Crippen LogP) is 0.535. The molecule has 0 radical (unpaired) electrons. The molecule has 0 saturated carbocycles. The van der Waals surface area contributed by atoms with Crippen molar-refractivity contribution in [3.63, 3.8) is 0 Å². The summed E-state index contributed by atoms with van der Waals surface area (Å²) >= 11 is 0. The Morgan fingerprint density at radius 2 is 1.94 bits per heavy atom. The third-order valence-corrected chi connectivity index (χ3v) is 3.01. The molecule has 0 fully saturated rings. The maximum absolute atomic E-state index is 11.7. The van der Waals surface area contributed by atoms with Crippen LogP contribution in [0.4, 0.5) is 0 Å². The van der Waals surface area contributed by atoms with Crippen molar-refractivity contribution in [3.8, 4) is 0 Å². The van der Waals surface area contributed by atoms with Crippen molar-refractivity contribution in [2.45, 2.75) is 58.5 Å². The number of carbonyl (C=O) groups excluding carboxylic acids is 2. The van der Waals surface area contributed by atoms with E-state index in [2.05, 4.69) is 17.6 Å². The smallest absolute Gasteiger partial charge is 0.237 e. The van der Waals surface area contributed by atoms with Gasteiger partial charge in [-0.1, -0.05) is 20.3 Å². The van der Waals surface area contributed by atoms with Crippen LogP contribution in [0.15, 0.2) is 0 Å². The summed E-state index contributed by atoms with van der Waals surface area (Å²) in [6.07, 6.45) is 2.55. The number of carbonyl (C=O) groups is 2. The Morgan fingerprint density at radius 3 is 2.35 bits per heavy atom. The number of amides is 2. The van der Waals surface area contributed by atoms with E-state index in [0.717, 1.165) is 12.8 Å². The van der Waals surface area contributed by atoms with Gasteiger partial charge in [-0.25, -0.2) is 0 Å². The zero-order chi connectivity index (χ0) is 13.5. The van der Waals surface area contributed by atoms with Gasteiger partial charge in [0.05, 0.1) is 11.6 Å². The number of hydrogen-bond acceptors (Lipinski definition) is 3. The van der Waals surface area contributed by atoms with Crippen molar-refractivity contribution < 1.29 is 9.59 Å². The molecule has 2 atom stereocenters. The number of nitrogens with one attached hydrogen (secondary N) is 2. The van der Waals surface area contributed by atoms with Crippen LogP contribution in [0, 0.1) is 0 Å². The predicted molar refractivity (Wildman–Crippen MR) is 68.4 cm³/mol. The molecule has 0 aromatic heterocycles. The highest BCUT2D eigenvalue weighted by Crippen LogP contribution is 2.09. The summed E-state index contributed by atoms with van der Waals surface area (Å²) in [4.78, 5) is 23.0. The van der Waals surface area contributed by atoms with Gasteiger partial charge in [0.25, 0.3) is 0 Å². The van der Waals surface area contributed by atoms with Gasteiger partial charge in [-0.3, -0.25) is 14.9 Å². The van der Waals surface area contributed by atoms with Crippen LogP contribution < -0.4 is 16.4 Å². The molecule has 0 aliphatic heterocycles. The summed E-state index contributed by atoms with van der Waals surface area (Å²) in [6, 6.07) is -0.427. The average Bonchev–Trinajstić information content (AvgIpc) is 2.28. The van der Waals surface area contributed by atoms with Crippen LogP contribution in [0.5, 0.6) is 0 Å². The monoisotopic (exact) mass is 243 g/mol. The molecule has 0 heterocycles. The first-order chi connectivity index (χ1) is 7.87. The van der Waals surface area contributed by atoms with E-state index < -0.39 is 17.5 Å². The Morgan fingerprint density at radius 1 is 1.35 bits per heavy atom. The Balaban J connectivity index is 4.27. The van der Waals surface area contributed by atoms with Gasteiger partial charge >= 0.3 is 0 Å². The molecule has 0 aliphatic rings. The second-order valence-electron chi connectivity index (χ2n) is 4.56. The lowest BCUT2D eigenvalue weighted by molar-refractivity contribution is -0.126. The molecule has 17 heavy (non-hydrogen) atoms. The molecule has 0 bridgehead atoms. The molecule has 0 spiro atoms. The molecule has 5 nitrogen and oxygen atoms in total. The minimum atomic E-state index is -0.832. The zero-order valence-electron chi connectivity index (χ0n) is 11.3. The maximum Gasteiger partial charge on any atom is 0.237 e. The van der Waals surface area contributed by atoms with Crippen LogP contribution in [0.1, 0.15) is 47.0 Å². The highest BCUT2D eigenvalue weighted by atomic mass is 16.2.